The third-order valence-corrected chi connectivity index (χ3v) is 3.58. The van der Waals surface area contributed by atoms with Gasteiger partial charge in [-0.2, -0.15) is 0 Å². The van der Waals surface area contributed by atoms with Gasteiger partial charge in [0, 0.05) is 12.6 Å². The van der Waals surface area contributed by atoms with Crippen molar-refractivity contribution in [3.8, 4) is 5.75 Å². The summed E-state index contributed by atoms with van der Waals surface area (Å²) in [6.45, 7) is 5.83. The minimum absolute atomic E-state index is 0.0515. The molecule has 1 aliphatic rings. The van der Waals surface area contributed by atoms with Crippen molar-refractivity contribution in [3.05, 3.63) is 30.3 Å². The van der Waals surface area contributed by atoms with Gasteiger partial charge in [0.2, 0.25) is 0 Å². The van der Waals surface area contributed by atoms with Crippen LogP contribution in [0.3, 0.4) is 0 Å². The lowest BCUT2D eigenvalue weighted by Crippen LogP contribution is -2.52. The summed E-state index contributed by atoms with van der Waals surface area (Å²) in [5.74, 6) is 1.18. The van der Waals surface area contributed by atoms with Crippen molar-refractivity contribution < 1.29 is 9.53 Å². The average Bonchev–Trinajstić information content (AvgIpc) is 2.42. The van der Waals surface area contributed by atoms with E-state index in [0.717, 1.165) is 25.3 Å². The average molecular weight is 262 g/mol. The second-order valence-electron chi connectivity index (χ2n) is 5.16. The zero-order valence-corrected chi connectivity index (χ0v) is 11.6. The van der Waals surface area contributed by atoms with Gasteiger partial charge in [-0.3, -0.25) is 4.79 Å². The van der Waals surface area contributed by atoms with Crippen LogP contribution in [0.5, 0.6) is 5.75 Å². The smallest absolute Gasteiger partial charge is 0.261 e. The lowest BCUT2D eigenvalue weighted by atomic mass is 9.95. The largest absolute Gasteiger partial charge is 0.481 e. The SMILES string of the molecule is CC(Oc1ccccc1)C(=O)NC1CNCCC1C. The number of piperidine rings is 1. The summed E-state index contributed by atoms with van der Waals surface area (Å²) >= 11 is 0. The van der Waals surface area contributed by atoms with Crippen LogP contribution in [0.4, 0.5) is 0 Å². The van der Waals surface area contributed by atoms with E-state index in [2.05, 4.69) is 17.6 Å². The maximum Gasteiger partial charge on any atom is 0.261 e. The molecule has 1 aromatic rings. The first-order valence-corrected chi connectivity index (χ1v) is 6.89. The Labute approximate surface area is 114 Å². The number of rotatable bonds is 4. The molecule has 1 aromatic carbocycles. The maximum absolute atomic E-state index is 12.1. The number of ether oxygens (including phenoxy) is 1. The lowest BCUT2D eigenvalue weighted by Gasteiger charge is -2.31. The van der Waals surface area contributed by atoms with Crippen molar-refractivity contribution >= 4 is 5.91 Å². The topological polar surface area (TPSA) is 50.4 Å². The Bertz CT molecular complexity index is 408. The van der Waals surface area contributed by atoms with Crippen LogP contribution in [0.15, 0.2) is 30.3 Å². The summed E-state index contributed by atoms with van der Waals surface area (Å²) < 4.78 is 5.62. The first-order valence-electron chi connectivity index (χ1n) is 6.89. The van der Waals surface area contributed by atoms with Crippen molar-refractivity contribution in [2.45, 2.75) is 32.4 Å². The number of carbonyl (C=O) groups excluding carboxylic acids is 1. The summed E-state index contributed by atoms with van der Waals surface area (Å²) in [4.78, 5) is 12.1. The summed E-state index contributed by atoms with van der Waals surface area (Å²) in [7, 11) is 0. The Morgan fingerprint density at radius 1 is 1.42 bits per heavy atom. The van der Waals surface area contributed by atoms with Crippen LogP contribution < -0.4 is 15.4 Å². The minimum atomic E-state index is -0.475. The highest BCUT2D eigenvalue weighted by Gasteiger charge is 2.25. The third-order valence-electron chi connectivity index (χ3n) is 3.58. The van der Waals surface area contributed by atoms with Crippen molar-refractivity contribution in [2.24, 2.45) is 5.92 Å². The van der Waals surface area contributed by atoms with Gasteiger partial charge in [0.15, 0.2) is 6.10 Å². The van der Waals surface area contributed by atoms with Gasteiger partial charge >= 0.3 is 0 Å². The number of benzene rings is 1. The molecule has 0 saturated carbocycles. The Hall–Kier alpha value is -1.55. The highest BCUT2D eigenvalue weighted by molar-refractivity contribution is 5.81. The van der Waals surface area contributed by atoms with E-state index >= 15 is 0 Å². The molecule has 0 radical (unpaired) electrons. The minimum Gasteiger partial charge on any atom is -0.481 e. The molecule has 2 N–H and O–H groups in total. The molecule has 0 aromatic heterocycles. The van der Waals surface area contributed by atoms with E-state index in [4.69, 9.17) is 4.74 Å². The second-order valence-corrected chi connectivity index (χ2v) is 5.16. The normalized spacial score (nSPS) is 24.5. The molecule has 4 nitrogen and oxygen atoms in total. The molecule has 4 heteroatoms. The fourth-order valence-electron chi connectivity index (χ4n) is 2.24. The van der Waals surface area contributed by atoms with Gasteiger partial charge in [0.05, 0.1) is 0 Å². The predicted octanol–water partition coefficient (Wildman–Crippen LogP) is 1.57. The molecule has 0 aliphatic carbocycles. The molecule has 1 saturated heterocycles. The molecule has 3 atom stereocenters. The molecule has 1 aliphatic heterocycles. The lowest BCUT2D eigenvalue weighted by molar-refractivity contribution is -0.128. The quantitative estimate of drug-likeness (QED) is 0.866. The van der Waals surface area contributed by atoms with Gasteiger partial charge in [-0.05, 0) is 37.9 Å². The van der Waals surface area contributed by atoms with Crippen LogP contribution in [0.2, 0.25) is 0 Å². The molecule has 19 heavy (non-hydrogen) atoms. The van der Waals surface area contributed by atoms with Gasteiger partial charge in [0.25, 0.3) is 5.91 Å². The van der Waals surface area contributed by atoms with Crippen LogP contribution in [-0.2, 0) is 4.79 Å². The van der Waals surface area contributed by atoms with Crippen LogP contribution in [0.25, 0.3) is 0 Å². The Kier molecular flexibility index (Phi) is 4.80. The monoisotopic (exact) mass is 262 g/mol. The van der Waals surface area contributed by atoms with Crippen LogP contribution in [0, 0.1) is 5.92 Å². The molecule has 0 spiro atoms. The van der Waals surface area contributed by atoms with Gasteiger partial charge < -0.3 is 15.4 Å². The zero-order valence-electron chi connectivity index (χ0n) is 11.6. The number of hydrogen-bond acceptors (Lipinski definition) is 3. The summed E-state index contributed by atoms with van der Waals surface area (Å²) in [5.41, 5.74) is 0. The van der Waals surface area contributed by atoms with E-state index in [9.17, 15) is 4.79 Å². The van der Waals surface area contributed by atoms with Crippen molar-refractivity contribution in [1.29, 1.82) is 0 Å². The third kappa shape index (κ3) is 3.96. The van der Waals surface area contributed by atoms with Crippen LogP contribution in [0.1, 0.15) is 20.3 Å². The van der Waals surface area contributed by atoms with E-state index in [0.29, 0.717) is 5.92 Å². The first-order chi connectivity index (χ1) is 9.16. The highest BCUT2D eigenvalue weighted by atomic mass is 16.5. The highest BCUT2D eigenvalue weighted by Crippen LogP contribution is 2.13. The van der Waals surface area contributed by atoms with E-state index in [1.165, 1.54) is 0 Å². The predicted molar refractivity (Wildman–Crippen MR) is 75.1 cm³/mol. The van der Waals surface area contributed by atoms with Crippen molar-refractivity contribution in [2.75, 3.05) is 13.1 Å². The molecular weight excluding hydrogens is 240 g/mol. The summed E-state index contributed by atoms with van der Waals surface area (Å²) in [5, 5.41) is 6.37. The van der Waals surface area contributed by atoms with Crippen molar-refractivity contribution in [1.82, 2.24) is 10.6 Å². The Balaban J connectivity index is 1.85. The van der Waals surface area contributed by atoms with Crippen LogP contribution in [-0.4, -0.2) is 31.1 Å². The molecule has 0 bridgehead atoms. The fraction of sp³-hybridized carbons (Fsp3) is 0.533. The summed E-state index contributed by atoms with van der Waals surface area (Å²) in [6, 6.07) is 9.62. The van der Waals surface area contributed by atoms with Crippen molar-refractivity contribution in [3.63, 3.8) is 0 Å². The molecule has 3 unspecified atom stereocenters. The maximum atomic E-state index is 12.1. The van der Waals surface area contributed by atoms with Gasteiger partial charge in [-0.1, -0.05) is 25.1 Å². The molecule has 1 heterocycles. The second kappa shape index (κ2) is 6.57. The molecule has 2 rings (SSSR count). The van der Waals surface area contributed by atoms with E-state index in [1.54, 1.807) is 6.92 Å². The van der Waals surface area contributed by atoms with Gasteiger partial charge in [-0.15, -0.1) is 0 Å². The number of amides is 1. The molecule has 1 fully saturated rings. The number of carbonyl (C=O) groups is 1. The van der Waals surface area contributed by atoms with Gasteiger partial charge in [-0.25, -0.2) is 0 Å². The number of para-hydroxylation sites is 1. The van der Waals surface area contributed by atoms with E-state index in [1.807, 2.05) is 30.3 Å². The number of hydrogen-bond donors (Lipinski definition) is 2. The summed E-state index contributed by atoms with van der Waals surface area (Å²) in [6.07, 6.45) is 0.621. The van der Waals surface area contributed by atoms with E-state index < -0.39 is 6.10 Å². The fourth-order valence-corrected chi connectivity index (χ4v) is 2.24. The molecule has 1 amide bonds. The Morgan fingerprint density at radius 2 is 2.16 bits per heavy atom. The van der Waals surface area contributed by atoms with E-state index in [-0.39, 0.29) is 11.9 Å². The standard InChI is InChI=1S/C15H22N2O2/c1-11-8-9-16-10-14(11)17-15(18)12(2)19-13-6-4-3-5-7-13/h3-7,11-12,14,16H,8-10H2,1-2H3,(H,17,18). The Morgan fingerprint density at radius 3 is 2.84 bits per heavy atom. The van der Waals surface area contributed by atoms with Crippen LogP contribution >= 0.6 is 0 Å². The first kappa shape index (κ1) is 13.9. The van der Waals surface area contributed by atoms with Gasteiger partial charge in [0.1, 0.15) is 5.75 Å². The number of nitrogens with one attached hydrogen (secondary N) is 2. The zero-order chi connectivity index (χ0) is 13.7. The molecular formula is C15H22N2O2. The molecule has 104 valence electrons.